The summed E-state index contributed by atoms with van der Waals surface area (Å²) >= 11 is 1.56. The molecule has 0 aliphatic heterocycles. The maximum atomic E-state index is 12.6. The van der Waals surface area contributed by atoms with Crippen molar-refractivity contribution >= 4 is 22.2 Å². The van der Waals surface area contributed by atoms with Crippen LogP contribution in [0.2, 0.25) is 0 Å². The Morgan fingerprint density at radius 2 is 2.29 bits per heavy atom. The molecule has 21 heavy (non-hydrogen) atoms. The molecule has 0 saturated heterocycles. The van der Waals surface area contributed by atoms with Gasteiger partial charge in [0.05, 0.1) is 0 Å². The van der Waals surface area contributed by atoms with E-state index in [1.807, 2.05) is 0 Å². The maximum Gasteiger partial charge on any atom is 0.271 e. The molecule has 0 bridgehead atoms. The van der Waals surface area contributed by atoms with Crippen LogP contribution in [0.25, 0.3) is 4.96 Å². The predicted molar refractivity (Wildman–Crippen MR) is 83.2 cm³/mol. The average molecular weight is 305 g/mol. The van der Waals surface area contributed by atoms with Crippen LogP contribution in [0.3, 0.4) is 0 Å². The molecule has 0 saturated carbocycles. The van der Waals surface area contributed by atoms with Gasteiger partial charge in [-0.05, 0) is 31.6 Å². The number of aromatic nitrogens is 2. The van der Waals surface area contributed by atoms with Gasteiger partial charge in [0.25, 0.3) is 11.5 Å². The van der Waals surface area contributed by atoms with Crippen LogP contribution in [0.1, 0.15) is 47.6 Å². The van der Waals surface area contributed by atoms with E-state index in [0.717, 1.165) is 31.4 Å². The van der Waals surface area contributed by atoms with Crippen molar-refractivity contribution in [2.24, 2.45) is 5.92 Å². The first kappa shape index (κ1) is 14.3. The maximum absolute atomic E-state index is 12.6. The van der Waals surface area contributed by atoms with Gasteiger partial charge >= 0.3 is 0 Å². The number of nitrogens with one attached hydrogen (secondary N) is 1. The van der Waals surface area contributed by atoms with Crippen LogP contribution >= 0.6 is 11.3 Å². The molecule has 1 N–H and O–H groups in total. The van der Waals surface area contributed by atoms with E-state index in [-0.39, 0.29) is 17.0 Å². The second kappa shape index (κ2) is 5.60. The van der Waals surface area contributed by atoms with Crippen molar-refractivity contribution < 1.29 is 4.79 Å². The highest BCUT2D eigenvalue weighted by Gasteiger charge is 2.22. The normalized spacial score (nSPS) is 13.9. The van der Waals surface area contributed by atoms with Crippen LogP contribution in [-0.2, 0) is 12.8 Å². The summed E-state index contributed by atoms with van der Waals surface area (Å²) in [5, 5.41) is 2.81. The van der Waals surface area contributed by atoms with Crippen LogP contribution in [-0.4, -0.2) is 21.8 Å². The van der Waals surface area contributed by atoms with Crippen molar-refractivity contribution in [1.82, 2.24) is 14.7 Å². The minimum Gasteiger partial charge on any atom is -0.352 e. The summed E-state index contributed by atoms with van der Waals surface area (Å²) in [5.74, 6) is 0.202. The van der Waals surface area contributed by atoms with Crippen LogP contribution in [0, 0.1) is 5.92 Å². The Morgan fingerprint density at radius 3 is 3.05 bits per heavy atom. The molecule has 112 valence electrons. The molecule has 1 amide bonds. The highest BCUT2D eigenvalue weighted by molar-refractivity contribution is 7.17. The minimum atomic E-state index is -0.319. The summed E-state index contributed by atoms with van der Waals surface area (Å²) < 4.78 is 1.63. The first-order valence-electron chi connectivity index (χ1n) is 7.38. The van der Waals surface area contributed by atoms with E-state index >= 15 is 0 Å². The number of nitrogens with zero attached hydrogens (tertiary/aromatic N) is 2. The molecule has 1 aliphatic carbocycles. The molecule has 0 atom stereocenters. The number of hydrogen-bond acceptors (Lipinski definition) is 4. The van der Waals surface area contributed by atoms with E-state index in [9.17, 15) is 9.59 Å². The Balaban J connectivity index is 1.91. The zero-order chi connectivity index (χ0) is 15.0. The first-order chi connectivity index (χ1) is 10.1. The summed E-state index contributed by atoms with van der Waals surface area (Å²) in [6.45, 7) is 4.78. The molecule has 0 spiro atoms. The smallest absolute Gasteiger partial charge is 0.271 e. The highest BCUT2D eigenvalue weighted by Crippen LogP contribution is 2.28. The molecule has 6 heteroatoms. The topological polar surface area (TPSA) is 63.5 Å². The zero-order valence-corrected chi connectivity index (χ0v) is 13.1. The number of aryl methyl sites for hydroxylation is 2. The molecule has 0 radical (unpaired) electrons. The third-order valence-corrected chi connectivity index (χ3v) is 4.96. The fourth-order valence-electron chi connectivity index (χ4n) is 2.63. The van der Waals surface area contributed by atoms with E-state index < -0.39 is 0 Å². The van der Waals surface area contributed by atoms with E-state index in [0.29, 0.717) is 17.4 Å². The van der Waals surface area contributed by atoms with Gasteiger partial charge in [0, 0.05) is 23.3 Å². The minimum absolute atomic E-state index is 0.142. The number of carbonyl (C=O) groups is 1. The Hall–Kier alpha value is -1.69. The number of rotatable bonds is 4. The third kappa shape index (κ3) is 2.60. The fourth-order valence-corrected chi connectivity index (χ4v) is 3.80. The van der Waals surface area contributed by atoms with Crippen LogP contribution in [0.4, 0.5) is 0 Å². The molecule has 2 heterocycles. The standard InChI is InChI=1S/C15H19N3O2S/c1-9(2)6-7-16-13(19)10-8-17-15-18(14(10)20)11-4-3-5-12(11)21-15/h8-9H,3-7H2,1-2H3,(H,16,19). The van der Waals surface area contributed by atoms with Crippen molar-refractivity contribution in [2.75, 3.05) is 6.54 Å². The number of hydrogen-bond donors (Lipinski definition) is 1. The van der Waals surface area contributed by atoms with Gasteiger partial charge in [-0.2, -0.15) is 0 Å². The quantitative estimate of drug-likeness (QED) is 0.940. The molecule has 1 aliphatic rings. The SMILES string of the molecule is CC(C)CCNC(=O)c1cnc2sc3c(n2c1=O)CCC3. The van der Waals surface area contributed by atoms with Gasteiger partial charge in [-0.3, -0.25) is 14.0 Å². The van der Waals surface area contributed by atoms with Gasteiger partial charge < -0.3 is 5.32 Å². The molecule has 0 fully saturated rings. The first-order valence-corrected chi connectivity index (χ1v) is 8.20. The van der Waals surface area contributed by atoms with Gasteiger partial charge in [-0.1, -0.05) is 13.8 Å². The summed E-state index contributed by atoms with van der Waals surface area (Å²) in [7, 11) is 0. The van der Waals surface area contributed by atoms with Gasteiger partial charge in [-0.25, -0.2) is 4.98 Å². The molecule has 3 rings (SSSR count). The molecule has 2 aromatic rings. The third-order valence-electron chi connectivity index (χ3n) is 3.80. The van der Waals surface area contributed by atoms with Gasteiger partial charge in [-0.15, -0.1) is 11.3 Å². The van der Waals surface area contributed by atoms with Crippen LogP contribution in [0.5, 0.6) is 0 Å². The highest BCUT2D eigenvalue weighted by atomic mass is 32.1. The lowest BCUT2D eigenvalue weighted by Gasteiger charge is -2.07. The molecular formula is C15H19N3O2S. The molecule has 0 aromatic carbocycles. The number of thiazole rings is 1. The summed E-state index contributed by atoms with van der Waals surface area (Å²) in [4.78, 5) is 30.9. The number of amides is 1. The zero-order valence-electron chi connectivity index (χ0n) is 12.3. The number of fused-ring (bicyclic) bond motifs is 3. The summed E-state index contributed by atoms with van der Waals surface area (Å²) in [6, 6.07) is 0. The van der Waals surface area contributed by atoms with Gasteiger partial charge in [0.1, 0.15) is 5.56 Å². The van der Waals surface area contributed by atoms with Crippen molar-refractivity contribution in [3.63, 3.8) is 0 Å². The lowest BCUT2D eigenvalue weighted by Crippen LogP contribution is -2.32. The lowest BCUT2D eigenvalue weighted by molar-refractivity contribution is 0.0950. The average Bonchev–Trinajstić information content (AvgIpc) is 2.98. The van der Waals surface area contributed by atoms with Crippen molar-refractivity contribution in [3.8, 4) is 0 Å². The fraction of sp³-hybridized carbons (Fsp3) is 0.533. The van der Waals surface area contributed by atoms with E-state index in [4.69, 9.17) is 0 Å². The largest absolute Gasteiger partial charge is 0.352 e. The summed E-state index contributed by atoms with van der Waals surface area (Å²) in [6.07, 6.45) is 5.30. The van der Waals surface area contributed by atoms with E-state index in [1.165, 1.54) is 11.1 Å². The van der Waals surface area contributed by atoms with Crippen molar-refractivity contribution in [1.29, 1.82) is 0 Å². The van der Waals surface area contributed by atoms with Crippen LogP contribution < -0.4 is 10.9 Å². The summed E-state index contributed by atoms with van der Waals surface area (Å²) in [5.41, 5.74) is 0.953. The van der Waals surface area contributed by atoms with Crippen LogP contribution in [0.15, 0.2) is 11.0 Å². The monoisotopic (exact) mass is 305 g/mol. The molecule has 0 unspecified atom stereocenters. The Bertz CT molecular complexity index is 745. The van der Waals surface area contributed by atoms with E-state index in [1.54, 1.807) is 15.7 Å². The second-order valence-electron chi connectivity index (χ2n) is 5.86. The predicted octanol–water partition coefficient (Wildman–Crippen LogP) is 2.02. The van der Waals surface area contributed by atoms with Gasteiger partial charge in [0.15, 0.2) is 4.96 Å². The molecule has 2 aromatic heterocycles. The molecule has 5 nitrogen and oxygen atoms in total. The Kier molecular flexibility index (Phi) is 3.80. The van der Waals surface area contributed by atoms with Crippen molar-refractivity contribution in [2.45, 2.75) is 39.5 Å². The van der Waals surface area contributed by atoms with E-state index in [2.05, 4.69) is 24.1 Å². The van der Waals surface area contributed by atoms with Gasteiger partial charge in [0.2, 0.25) is 0 Å². The van der Waals surface area contributed by atoms with Crippen molar-refractivity contribution in [3.05, 3.63) is 32.7 Å². The molecular weight excluding hydrogens is 286 g/mol. The second-order valence-corrected chi connectivity index (χ2v) is 6.92. The Morgan fingerprint density at radius 1 is 1.48 bits per heavy atom. The number of carbonyl (C=O) groups excluding carboxylic acids is 1. The Labute approximate surface area is 127 Å². The lowest BCUT2D eigenvalue weighted by atomic mass is 10.1.